The lowest BCUT2D eigenvalue weighted by Crippen LogP contribution is -2.46. The molecule has 3 aromatic carbocycles. The Hall–Kier alpha value is -4.65. The molecule has 262 valence electrons. The summed E-state index contributed by atoms with van der Waals surface area (Å²) in [5, 5.41) is 13.2. The van der Waals surface area contributed by atoms with E-state index in [9.17, 15) is 4.79 Å². The minimum absolute atomic E-state index is 0.0687. The third-order valence-corrected chi connectivity index (χ3v) is 9.99. The highest BCUT2D eigenvalue weighted by Crippen LogP contribution is 2.39. The number of hydrogen-bond acceptors (Lipinski definition) is 9. The average molecular weight is 699 g/mol. The van der Waals surface area contributed by atoms with Crippen molar-refractivity contribution < 1.29 is 14.2 Å². The van der Waals surface area contributed by atoms with E-state index in [1.165, 1.54) is 0 Å². The van der Waals surface area contributed by atoms with Gasteiger partial charge in [-0.2, -0.15) is 5.10 Å². The topological polar surface area (TPSA) is 105 Å². The summed E-state index contributed by atoms with van der Waals surface area (Å²) in [6, 6.07) is 24.1. The molecule has 0 bridgehead atoms. The Bertz CT molecular complexity index is 1920. The number of aromatic nitrogens is 6. The molecule has 2 fully saturated rings. The molecule has 0 radical (unpaired) electrons. The Labute approximate surface area is 296 Å². The maximum atomic E-state index is 12.8. The summed E-state index contributed by atoms with van der Waals surface area (Å²) in [4.78, 5) is 17.6. The fourth-order valence-electron chi connectivity index (χ4n) is 6.55. The molecule has 0 spiro atoms. The first-order valence-corrected chi connectivity index (χ1v) is 17.6. The number of piperazine rings is 1. The van der Waals surface area contributed by atoms with Gasteiger partial charge in [0.1, 0.15) is 36.9 Å². The maximum absolute atomic E-state index is 12.8. The molecule has 12 nitrogen and oxygen atoms in total. The molecular formula is C37H43ClN8O4. The molecule has 2 aliphatic rings. The van der Waals surface area contributed by atoms with Crippen molar-refractivity contribution in [2.45, 2.75) is 51.0 Å². The van der Waals surface area contributed by atoms with Crippen molar-refractivity contribution in [2.24, 2.45) is 7.05 Å². The Kier molecular flexibility index (Phi) is 9.93. The van der Waals surface area contributed by atoms with E-state index >= 15 is 0 Å². The molecular weight excluding hydrogens is 656 g/mol. The summed E-state index contributed by atoms with van der Waals surface area (Å²) in [7, 11) is 1.93. The van der Waals surface area contributed by atoms with E-state index < -0.39 is 5.79 Å². The number of benzene rings is 3. The third kappa shape index (κ3) is 7.14. The fraction of sp³-hybridized carbons (Fsp3) is 0.405. The van der Waals surface area contributed by atoms with E-state index in [1.54, 1.807) is 21.9 Å². The smallest absolute Gasteiger partial charge is 0.350 e. The van der Waals surface area contributed by atoms with Gasteiger partial charge < -0.3 is 28.6 Å². The van der Waals surface area contributed by atoms with Crippen molar-refractivity contribution >= 4 is 23.0 Å². The molecule has 7 rings (SSSR count). The van der Waals surface area contributed by atoms with Crippen molar-refractivity contribution in [3.05, 3.63) is 112 Å². The summed E-state index contributed by atoms with van der Waals surface area (Å²) >= 11 is 6.18. The van der Waals surface area contributed by atoms with Gasteiger partial charge in [-0.1, -0.05) is 30.7 Å². The number of hydrogen-bond donors (Lipinski definition) is 0. The quantitative estimate of drug-likeness (QED) is 0.170. The standard InChI is InChI=1S/C37H43ClN8O4/c1-4-27(2)46-36(47)45(26-40-46)32-11-9-30(10-12-32)43-19-21-44(22-20-43)31-13-15-33(16-14-31)48-23-34-24-49-37(50-34,28-5-7-29(38)8-6-28)18-17-35-41-39-25-42(35)3/h5-16,25-27,34H,4,17-24H2,1-3H3/t27-,34-,37-/m1/s1. The highest BCUT2D eigenvalue weighted by molar-refractivity contribution is 6.30. The second-order valence-corrected chi connectivity index (χ2v) is 13.4. The molecule has 0 unspecified atom stereocenters. The van der Waals surface area contributed by atoms with Gasteiger partial charge in [0.25, 0.3) is 0 Å². The fourth-order valence-corrected chi connectivity index (χ4v) is 6.67. The zero-order valence-electron chi connectivity index (χ0n) is 28.7. The lowest BCUT2D eigenvalue weighted by Gasteiger charge is -2.37. The minimum Gasteiger partial charge on any atom is -0.491 e. The number of anilines is 2. The van der Waals surface area contributed by atoms with Gasteiger partial charge in [-0.3, -0.25) is 0 Å². The lowest BCUT2D eigenvalue weighted by atomic mass is 10.0. The van der Waals surface area contributed by atoms with Gasteiger partial charge in [0.15, 0.2) is 5.79 Å². The van der Waals surface area contributed by atoms with E-state index in [-0.39, 0.29) is 17.8 Å². The molecule has 0 amide bonds. The van der Waals surface area contributed by atoms with Crippen molar-refractivity contribution in [3.8, 4) is 11.4 Å². The molecule has 5 aromatic rings. The Morgan fingerprint density at radius 2 is 1.56 bits per heavy atom. The van der Waals surface area contributed by atoms with Crippen LogP contribution in [0.1, 0.15) is 44.1 Å². The van der Waals surface area contributed by atoms with Crippen LogP contribution < -0.4 is 20.2 Å². The van der Waals surface area contributed by atoms with Crippen molar-refractivity contribution in [3.63, 3.8) is 0 Å². The first-order chi connectivity index (χ1) is 24.3. The highest BCUT2D eigenvalue weighted by atomic mass is 35.5. The van der Waals surface area contributed by atoms with E-state index in [1.807, 2.05) is 67.1 Å². The maximum Gasteiger partial charge on any atom is 0.350 e. The van der Waals surface area contributed by atoms with Crippen molar-refractivity contribution in [2.75, 3.05) is 49.2 Å². The van der Waals surface area contributed by atoms with Gasteiger partial charge in [0.2, 0.25) is 0 Å². The molecule has 0 N–H and O–H groups in total. The average Bonchev–Trinajstić information content (AvgIpc) is 3.88. The molecule has 2 aromatic heterocycles. The molecule has 50 heavy (non-hydrogen) atoms. The SMILES string of the molecule is CC[C@@H](C)n1ncn(-c2ccc(N3CCN(c4ccc(OC[C@@H]5CO[C@@](CCc6nncn6C)(c6ccc(Cl)cc6)O5)cc4)CC3)cc2)c1=O. The molecule has 13 heteroatoms. The van der Waals surface area contributed by atoms with Gasteiger partial charge in [0.05, 0.1) is 18.3 Å². The Morgan fingerprint density at radius 1 is 0.920 bits per heavy atom. The van der Waals surface area contributed by atoms with Gasteiger partial charge in [-0.15, -0.1) is 10.2 Å². The summed E-state index contributed by atoms with van der Waals surface area (Å²) < 4.78 is 24.2. The van der Waals surface area contributed by atoms with Gasteiger partial charge in [0, 0.05) is 68.0 Å². The summed E-state index contributed by atoms with van der Waals surface area (Å²) in [6.45, 7) is 8.43. The second-order valence-electron chi connectivity index (χ2n) is 12.9. The Balaban J connectivity index is 0.914. The summed E-state index contributed by atoms with van der Waals surface area (Å²) in [5.41, 5.74) is 3.93. The second kappa shape index (κ2) is 14.7. The molecule has 2 saturated heterocycles. The highest BCUT2D eigenvalue weighted by Gasteiger charge is 2.43. The van der Waals surface area contributed by atoms with Crippen LogP contribution >= 0.6 is 11.6 Å². The molecule has 3 atom stereocenters. The number of nitrogens with zero attached hydrogens (tertiary/aromatic N) is 8. The monoisotopic (exact) mass is 698 g/mol. The zero-order valence-corrected chi connectivity index (χ0v) is 29.4. The van der Waals surface area contributed by atoms with Crippen molar-refractivity contribution in [1.29, 1.82) is 0 Å². The van der Waals surface area contributed by atoms with E-state index in [0.717, 1.165) is 66.8 Å². The van der Waals surface area contributed by atoms with Crippen LogP contribution in [0.15, 0.2) is 90.2 Å². The normalized spacial score (nSPS) is 20.0. The number of ether oxygens (including phenoxy) is 3. The molecule has 0 aliphatic carbocycles. The van der Waals surface area contributed by atoms with Crippen LogP contribution in [-0.4, -0.2) is 74.6 Å². The number of halogens is 1. The van der Waals surface area contributed by atoms with Crippen molar-refractivity contribution in [1.82, 2.24) is 29.1 Å². The predicted molar refractivity (Wildman–Crippen MR) is 192 cm³/mol. The zero-order chi connectivity index (χ0) is 34.7. The molecule has 4 heterocycles. The van der Waals surface area contributed by atoms with Gasteiger partial charge in [-0.25, -0.2) is 14.0 Å². The van der Waals surface area contributed by atoms with Gasteiger partial charge in [-0.05, 0) is 74.0 Å². The van der Waals surface area contributed by atoms with Crippen LogP contribution in [0.25, 0.3) is 5.69 Å². The Morgan fingerprint density at radius 3 is 2.18 bits per heavy atom. The molecule has 2 aliphatic heterocycles. The summed E-state index contributed by atoms with van der Waals surface area (Å²) in [6.07, 6.45) is 5.13. The minimum atomic E-state index is -0.921. The largest absolute Gasteiger partial charge is 0.491 e. The van der Waals surface area contributed by atoms with E-state index in [4.69, 9.17) is 25.8 Å². The van der Waals surface area contributed by atoms with Crippen LogP contribution in [0.3, 0.4) is 0 Å². The van der Waals surface area contributed by atoms with Crippen LogP contribution in [0, 0.1) is 0 Å². The van der Waals surface area contributed by atoms with Crippen LogP contribution in [0.2, 0.25) is 5.02 Å². The molecule has 0 saturated carbocycles. The predicted octanol–water partition coefficient (Wildman–Crippen LogP) is 5.39. The van der Waals surface area contributed by atoms with E-state index in [0.29, 0.717) is 31.1 Å². The van der Waals surface area contributed by atoms with Crippen LogP contribution in [0.4, 0.5) is 11.4 Å². The van der Waals surface area contributed by atoms with Crippen LogP contribution in [0.5, 0.6) is 5.75 Å². The summed E-state index contributed by atoms with van der Waals surface area (Å²) in [5.74, 6) is 0.727. The third-order valence-electron chi connectivity index (χ3n) is 9.74. The lowest BCUT2D eigenvalue weighted by molar-refractivity contribution is -0.184. The number of rotatable bonds is 12. The first kappa shape index (κ1) is 33.8. The van der Waals surface area contributed by atoms with E-state index in [2.05, 4.69) is 56.3 Å². The van der Waals surface area contributed by atoms with Gasteiger partial charge >= 0.3 is 5.69 Å². The first-order valence-electron chi connectivity index (χ1n) is 17.2. The number of aryl methyl sites for hydroxylation is 2. The van der Waals surface area contributed by atoms with Crippen LogP contribution in [-0.2, 0) is 28.7 Å².